The summed E-state index contributed by atoms with van der Waals surface area (Å²) in [4.78, 5) is 8.72. The Morgan fingerprint density at radius 3 is 2.59 bits per heavy atom. The molecule has 3 nitrogen and oxygen atoms in total. The van der Waals surface area contributed by atoms with Crippen molar-refractivity contribution in [3.05, 3.63) is 52.0 Å². The third kappa shape index (κ3) is 3.03. The molecule has 0 aliphatic heterocycles. The first-order valence-electron chi connectivity index (χ1n) is 5.53. The minimum absolute atomic E-state index is 0.673. The van der Waals surface area contributed by atoms with Crippen LogP contribution >= 0.6 is 15.9 Å². The van der Waals surface area contributed by atoms with Crippen LogP contribution in [0.5, 0.6) is 0 Å². The number of halogens is 1. The molecule has 0 saturated heterocycles. The maximum absolute atomic E-state index is 5.78. The molecular weight excluding hydrogens is 278 g/mol. The number of nitrogens with zero attached hydrogens (tertiary/aromatic N) is 2. The average Bonchev–Trinajstić information content (AvgIpc) is 2.34. The standard InChI is InChI=1S/C13H14BrN3/c1-2-12-11(15)8-16-13(17-12)7-9-3-5-10(14)6-4-9/h3-6,8H,2,7,15H2,1H3. The molecule has 17 heavy (non-hydrogen) atoms. The minimum atomic E-state index is 0.673. The van der Waals surface area contributed by atoms with E-state index >= 15 is 0 Å². The topological polar surface area (TPSA) is 51.8 Å². The van der Waals surface area contributed by atoms with Crippen LogP contribution < -0.4 is 5.73 Å². The lowest BCUT2D eigenvalue weighted by Gasteiger charge is -2.05. The molecule has 2 rings (SSSR count). The van der Waals surface area contributed by atoms with Gasteiger partial charge >= 0.3 is 0 Å². The fourth-order valence-electron chi connectivity index (χ4n) is 1.62. The van der Waals surface area contributed by atoms with Gasteiger partial charge in [-0.2, -0.15) is 0 Å². The molecule has 0 bridgehead atoms. The van der Waals surface area contributed by atoms with E-state index in [-0.39, 0.29) is 0 Å². The number of hydrogen-bond donors (Lipinski definition) is 1. The lowest BCUT2D eigenvalue weighted by Crippen LogP contribution is -2.03. The highest BCUT2D eigenvalue weighted by molar-refractivity contribution is 9.10. The van der Waals surface area contributed by atoms with E-state index in [0.29, 0.717) is 5.69 Å². The highest BCUT2D eigenvalue weighted by Crippen LogP contribution is 2.14. The average molecular weight is 292 g/mol. The number of nitrogen functional groups attached to an aromatic ring is 1. The number of aryl methyl sites for hydroxylation is 1. The van der Waals surface area contributed by atoms with Crippen LogP contribution in [0.2, 0.25) is 0 Å². The van der Waals surface area contributed by atoms with Crippen LogP contribution in [0, 0.1) is 0 Å². The number of anilines is 1. The highest BCUT2D eigenvalue weighted by atomic mass is 79.9. The summed E-state index contributed by atoms with van der Waals surface area (Å²) < 4.78 is 1.08. The van der Waals surface area contributed by atoms with Gasteiger partial charge in [0.25, 0.3) is 0 Å². The molecule has 0 aliphatic carbocycles. The molecule has 0 atom stereocenters. The molecule has 1 aromatic heterocycles. The molecule has 0 radical (unpaired) electrons. The zero-order valence-electron chi connectivity index (χ0n) is 9.65. The van der Waals surface area contributed by atoms with Gasteiger partial charge in [-0.1, -0.05) is 35.0 Å². The molecule has 0 spiro atoms. The molecule has 2 aromatic rings. The van der Waals surface area contributed by atoms with Crippen molar-refractivity contribution < 1.29 is 0 Å². The summed E-state index contributed by atoms with van der Waals surface area (Å²) in [6.45, 7) is 2.04. The van der Waals surface area contributed by atoms with Gasteiger partial charge in [-0.15, -0.1) is 0 Å². The number of rotatable bonds is 3. The monoisotopic (exact) mass is 291 g/mol. The van der Waals surface area contributed by atoms with Crippen LogP contribution in [-0.4, -0.2) is 9.97 Å². The first-order chi connectivity index (χ1) is 8.19. The van der Waals surface area contributed by atoms with E-state index < -0.39 is 0 Å². The Balaban J connectivity index is 2.21. The summed E-state index contributed by atoms with van der Waals surface area (Å²) in [7, 11) is 0. The van der Waals surface area contributed by atoms with Crippen molar-refractivity contribution >= 4 is 21.6 Å². The minimum Gasteiger partial charge on any atom is -0.396 e. The maximum atomic E-state index is 5.78. The number of hydrogen-bond acceptors (Lipinski definition) is 3. The van der Waals surface area contributed by atoms with E-state index in [1.165, 1.54) is 5.56 Å². The molecule has 0 saturated carbocycles. The number of benzene rings is 1. The zero-order valence-corrected chi connectivity index (χ0v) is 11.2. The molecule has 0 aliphatic rings. The van der Waals surface area contributed by atoms with Gasteiger partial charge in [-0.3, -0.25) is 0 Å². The first-order valence-corrected chi connectivity index (χ1v) is 6.33. The van der Waals surface area contributed by atoms with E-state index in [0.717, 1.165) is 28.8 Å². The molecule has 1 aromatic carbocycles. The summed E-state index contributed by atoms with van der Waals surface area (Å²) in [5.41, 5.74) is 8.57. The lowest BCUT2D eigenvalue weighted by atomic mass is 10.1. The fourth-order valence-corrected chi connectivity index (χ4v) is 1.89. The second-order valence-corrected chi connectivity index (χ2v) is 4.76. The van der Waals surface area contributed by atoms with Gasteiger partial charge in [0.05, 0.1) is 17.6 Å². The number of nitrogens with two attached hydrogens (primary N) is 1. The van der Waals surface area contributed by atoms with Gasteiger partial charge in [-0.05, 0) is 24.1 Å². The van der Waals surface area contributed by atoms with Gasteiger partial charge in [-0.25, -0.2) is 9.97 Å². The van der Waals surface area contributed by atoms with Crippen LogP contribution in [0.25, 0.3) is 0 Å². The van der Waals surface area contributed by atoms with Crippen LogP contribution in [-0.2, 0) is 12.8 Å². The Kier molecular flexibility index (Phi) is 3.74. The van der Waals surface area contributed by atoms with Crippen molar-refractivity contribution in [3.8, 4) is 0 Å². The van der Waals surface area contributed by atoms with Gasteiger partial charge < -0.3 is 5.73 Å². The third-order valence-corrected chi connectivity index (χ3v) is 3.09. The predicted octanol–water partition coefficient (Wildman–Crippen LogP) is 2.97. The lowest BCUT2D eigenvalue weighted by molar-refractivity contribution is 0.910. The quantitative estimate of drug-likeness (QED) is 0.946. The van der Waals surface area contributed by atoms with E-state index in [9.17, 15) is 0 Å². The van der Waals surface area contributed by atoms with Crippen LogP contribution in [0.3, 0.4) is 0 Å². The molecule has 2 N–H and O–H groups in total. The van der Waals surface area contributed by atoms with Gasteiger partial charge in [0.2, 0.25) is 0 Å². The van der Waals surface area contributed by atoms with Crippen molar-refractivity contribution in [1.82, 2.24) is 9.97 Å². The molecule has 88 valence electrons. The molecule has 1 heterocycles. The van der Waals surface area contributed by atoms with Crippen LogP contribution in [0.1, 0.15) is 24.0 Å². The van der Waals surface area contributed by atoms with E-state index in [1.54, 1.807) is 6.20 Å². The Hall–Kier alpha value is -1.42. The second-order valence-electron chi connectivity index (χ2n) is 3.85. The van der Waals surface area contributed by atoms with Crippen LogP contribution in [0.15, 0.2) is 34.9 Å². The Bertz CT molecular complexity index is 509. The zero-order chi connectivity index (χ0) is 12.3. The number of aromatic nitrogens is 2. The first kappa shape index (κ1) is 12.0. The summed E-state index contributed by atoms with van der Waals surface area (Å²) in [6.07, 6.45) is 3.27. The van der Waals surface area contributed by atoms with Crippen molar-refractivity contribution in [3.63, 3.8) is 0 Å². The summed E-state index contributed by atoms with van der Waals surface area (Å²) in [6, 6.07) is 8.17. The molecule has 0 unspecified atom stereocenters. The van der Waals surface area contributed by atoms with Crippen molar-refractivity contribution in [2.75, 3.05) is 5.73 Å². The Morgan fingerprint density at radius 2 is 1.94 bits per heavy atom. The summed E-state index contributed by atoms with van der Waals surface area (Å²) >= 11 is 3.42. The predicted molar refractivity (Wildman–Crippen MR) is 72.8 cm³/mol. The maximum Gasteiger partial charge on any atom is 0.133 e. The van der Waals surface area contributed by atoms with Gasteiger partial charge in [0.15, 0.2) is 0 Å². The second kappa shape index (κ2) is 5.27. The smallest absolute Gasteiger partial charge is 0.133 e. The van der Waals surface area contributed by atoms with E-state index in [4.69, 9.17) is 5.73 Å². The third-order valence-electron chi connectivity index (χ3n) is 2.56. The molecule has 4 heteroatoms. The largest absolute Gasteiger partial charge is 0.396 e. The molecular formula is C13H14BrN3. The van der Waals surface area contributed by atoms with Crippen molar-refractivity contribution in [2.24, 2.45) is 0 Å². The van der Waals surface area contributed by atoms with Gasteiger partial charge in [0.1, 0.15) is 5.82 Å². The normalized spacial score (nSPS) is 10.5. The Labute approximate surface area is 109 Å². The van der Waals surface area contributed by atoms with Crippen LogP contribution in [0.4, 0.5) is 5.69 Å². The van der Waals surface area contributed by atoms with E-state index in [1.807, 2.05) is 19.1 Å². The SMILES string of the molecule is CCc1nc(Cc2ccc(Br)cc2)ncc1N. The Morgan fingerprint density at radius 1 is 1.24 bits per heavy atom. The highest BCUT2D eigenvalue weighted by Gasteiger charge is 2.03. The molecule has 0 fully saturated rings. The van der Waals surface area contributed by atoms with Gasteiger partial charge in [0, 0.05) is 10.9 Å². The van der Waals surface area contributed by atoms with Crippen molar-refractivity contribution in [2.45, 2.75) is 19.8 Å². The molecule has 0 amide bonds. The van der Waals surface area contributed by atoms with Crippen molar-refractivity contribution in [1.29, 1.82) is 0 Å². The van der Waals surface area contributed by atoms with E-state index in [2.05, 4.69) is 38.0 Å². The summed E-state index contributed by atoms with van der Waals surface area (Å²) in [5.74, 6) is 0.818. The summed E-state index contributed by atoms with van der Waals surface area (Å²) in [5, 5.41) is 0. The fraction of sp³-hybridized carbons (Fsp3) is 0.231.